The van der Waals surface area contributed by atoms with E-state index >= 15 is 0 Å². The summed E-state index contributed by atoms with van der Waals surface area (Å²) in [7, 11) is 0. The van der Waals surface area contributed by atoms with Gasteiger partial charge in [0.15, 0.2) is 0 Å². The minimum absolute atomic E-state index is 0.0432. The Labute approximate surface area is 103 Å². The molecular formula is C13H22N2O2. The fourth-order valence-electron chi connectivity index (χ4n) is 2.38. The summed E-state index contributed by atoms with van der Waals surface area (Å²) in [5.74, 6) is 0.642. The van der Waals surface area contributed by atoms with Crippen molar-refractivity contribution in [2.45, 2.75) is 47.6 Å². The number of amides is 1. The van der Waals surface area contributed by atoms with Crippen LogP contribution in [-0.4, -0.2) is 35.0 Å². The summed E-state index contributed by atoms with van der Waals surface area (Å²) in [5, 5.41) is 0. The Morgan fingerprint density at radius 1 is 1.41 bits per heavy atom. The van der Waals surface area contributed by atoms with E-state index in [1.807, 2.05) is 34.6 Å². The van der Waals surface area contributed by atoms with Gasteiger partial charge in [-0.1, -0.05) is 13.8 Å². The van der Waals surface area contributed by atoms with Crippen LogP contribution in [-0.2, 0) is 9.59 Å². The molecule has 0 radical (unpaired) electrons. The van der Waals surface area contributed by atoms with Gasteiger partial charge in [0.1, 0.15) is 11.6 Å². The standard InChI is InChI=1S/C13H22N2O2/c1-8(2)11(17)13(5,6)12-14-7-9(3)15(12)10(4)16/h8-9H,7H2,1-6H3. The summed E-state index contributed by atoms with van der Waals surface area (Å²) in [6.45, 7) is 11.5. The minimum atomic E-state index is -0.690. The lowest BCUT2D eigenvalue weighted by atomic mass is 9.80. The molecule has 0 aromatic heterocycles. The van der Waals surface area contributed by atoms with E-state index in [0.717, 1.165) is 0 Å². The maximum atomic E-state index is 12.2. The highest BCUT2D eigenvalue weighted by atomic mass is 16.2. The number of rotatable bonds is 3. The summed E-state index contributed by atoms with van der Waals surface area (Å²) in [6.07, 6.45) is 0. The van der Waals surface area contributed by atoms with Crippen molar-refractivity contribution in [1.82, 2.24) is 4.90 Å². The van der Waals surface area contributed by atoms with Crippen molar-refractivity contribution in [3.05, 3.63) is 0 Å². The number of carbonyl (C=O) groups is 2. The monoisotopic (exact) mass is 238 g/mol. The molecule has 0 aromatic rings. The largest absolute Gasteiger partial charge is 0.298 e. The number of amidine groups is 1. The highest BCUT2D eigenvalue weighted by molar-refractivity contribution is 6.13. The third kappa shape index (κ3) is 2.40. The molecule has 96 valence electrons. The van der Waals surface area contributed by atoms with Crippen molar-refractivity contribution < 1.29 is 9.59 Å². The van der Waals surface area contributed by atoms with Gasteiger partial charge in [-0.2, -0.15) is 0 Å². The van der Waals surface area contributed by atoms with Gasteiger partial charge in [-0.25, -0.2) is 0 Å². The lowest BCUT2D eigenvalue weighted by Crippen LogP contribution is -2.48. The normalized spacial score (nSPS) is 20.8. The predicted molar refractivity (Wildman–Crippen MR) is 67.9 cm³/mol. The van der Waals surface area contributed by atoms with E-state index < -0.39 is 5.41 Å². The first kappa shape index (κ1) is 13.9. The Morgan fingerprint density at radius 3 is 2.35 bits per heavy atom. The first-order valence-corrected chi connectivity index (χ1v) is 6.08. The molecule has 0 aromatic carbocycles. The second kappa shape index (κ2) is 4.59. The van der Waals surface area contributed by atoms with Crippen LogP contribution in [0, 0.1) is 11.3 Å². The van der Waals surface area contributed by atoms with Crippen LogP contribution in [0.3, 0.4) is 0 Å². The Bertz CT molecular complexity index is 370. The van der Waals surface area contributed by atoms with Crippen LogP contribution in [0.25, 0.3) is 0 Å². The minimum Gasteiger partial charge on any atom is -0.298 e. The first-order chi connectivity index (χ1) is 7.69. The molecule has 0 saturated carbocycles. The van der Waals surface area contributed by atoms with Gasteiger partial charge in [-0.3, -0.25) is 19.5 Å². The predicted octanol–water partition coefficient (Wildman–Crippen LogP) is 1.89. The third-order valence-electron chi connectivity index (χ3n) is 3.21. The summed E-state index contributed by atoms with van der Waals surface area (Å²) in [6, 6.07) is 0.0572. The fraction of sp³-hybridized carbons (Fsp3) is 0.769. The van der Waals surface area contributed by atoms with Crippen LogP contribution in [0.15, 0.2) is 4.99 Å². The fourth-order valence-corrected chi connectivity index (χ4v) is 2.38. The highest BCUT2D eigenvalue weighted by Crippen LogP contribution is 2.29. The van der Waals surface area contributed by atoms with E-state index in [4.69, 9.17) is 0 Å². The Kier molecular flexibility index (Phi) is 3.74. The summed E-state index contributed by atoms with van der Waals surface area (Å²) >= 11 is 0. The molecule has 4 heteroatoms. The summed E-state index contributed by atoms with van der Waals surface area (Å²) in [5.41, 5.74) is -0.690. The molecule has 0 bridgehead atoms. The molecule has 1 aliphatic rings. The zero-order chi connectivity index (χ0) is 13.4. The lowest BCUT2D eigenvalue weighted by molar-refractivity contribution is -0.128. The molecule has 1 heterocycles. The molecule has 17 heavy (non-hydrogen) atoms. The number of hydrogen-bond donors (Lipinski definition) is 0. The number of hydrogen-bond acceptors (Lipinski definition) is 3. The van der Waals surface area contributed by atoms with E-state index in [1.54, 1.807) is 4.90 Å². The zero-order valence-electron chi connectivity index (χ0n) is 11.6. The number of carbonyl (C=O) groups excluding carboxylic acids is 2. The molecule has 1 amide bonds. The number of ketones is 1. The second-order valence-corrected chi connectivity index (χ2v) is 5.55. The maximum Gasteiger partial charge on any atom is 0.225 e. The quantitative estimate of drug-likeness (QED) is 0.754. The molecule has 1 aliphatic heterocycles. The van der Waals surface area contributed by atoms with Crippen LogP contribution in [0.2, 0.25) is 0 Å². The van der Waals surface area contributed by atoms with Crippen molar-refractivity contribution in [3.8, 4) is 0 Å². The SMILES string of the molecule is CC(=O)N1C(C(C)(C)C(=O)C(C)C)=NCC1C. The van der Waals surface area contributed by atoms with Crippen LogP contribution < -0.4 is 0 Å². The van der Waals surface area contributed by atoms with Crippen LogP contribution in [0.4, 0.5) is 0 Å². The molecule has 1 rings (SSSR count). The number of Topliss-reactive ketones (excluding diaryl/α,β-unsaturated/α-hetero) is 1. The summed E-state index contributed by atoms with van der Waals surface area (Å²) < 4.78 is 0. The Hall–Kier alpha value is -1.19. The highest BCUT2D eigenvalue weighted by Gasteiger charge is 2.42. The number of aliphatic imine (C=N–C) groups is 1. The molecule has 0 fully saturated rings. The third-order valence-corrected chi connectivity index (χ3v) is 3.21. The van der Waals surface area contributed by atoms with E-state index in [0.29, 0.717) is 12.4 Å². The molecule has 0 spiro atoms. The smallest absolute Gasteiger partial charge is 0.225 e. The molecule has 0 N–H and O–H groups in total. The van der Waals surface area contributed by atoms with Gasteiger partial charge in [0, 0.05) is 12.8 Å². The summed E-state index contributed by atoms with van der Waals surface area (Å²) in [4.78, 5) is 29.9. The second-order valence-electron chi connectivity index (χ2n) is 5.55. The van der Waals surface area contributed by atoms with E-state index in [-0.39, 0.29) is 23.7 Å². The van der Waals surface area contributed by atoms with Gasteiger partial charge < -0.3 is 0 Å². The van der Waals surface area contributed by atoms with Crippen molar-refractivity contribution in [1.29, 1.82) is 0 Å². The first-order valence-electron chi connectivity index (χ1n) is 6.08. The Balaban J connectivity index is 3.07. The lowest BCUT2D eigenvalue weighted by Gasteiger charge is -2.32. The van der Waals surface area contributed by atoms with Crippen molar-refractivity contribution in [2.24, 2.45) is 16.3 Å². The van der Waals surface area contributed by atoms with Gasteiger partial charge in [0.05, 0.1) is 18.0 Å². The van der Waals surface area contributed by atoms with E-state index in [1.165, 1.54) is 6.92 Å². The Morgan fingerprint density at radius 2 is 1.94 bits per heavy atom. The topological polar surface area (TPSA) is 49.7 Å². The van der Waals surface area contributed by atoms with Gasteiger partial charge >= 0.3 is 0 Å². The molecule has 4 nitrogen and oxygen atoms in total. The van der Waals surface area contributed by atoms with Crippen molar-refractivity contribution in [3.63, 3.8) is 0 Å². The van der Waals surface area contributed by atoms with Crippen molar-refractivity contribution >= 4 is 17.5 Å². The van der Waals surface area contributed by atoms with Crippen LogP contribution in [0.1, 0.15) is 41.5 Å². The zero-order valence-corrected chi connectivity index (χ0v) is 11.6. The average molecular weight is 238 g/mol. The van der Waals surface area contributed by atoms with Gasteiger partial charge in [0.2, 0.25) is 5.91 Å². The van der Waals surface area contributed by atoms with Gasteiger partial charge in [-0.05, 0) is 20.8 Å². The van der Waals surface area contributed by atoms with Gasteiger partial charge in [0.25, 0.3) is 0 Å². The van der Waals surface area contributed by atoms with E-state index in [2.05, 4.69) is 4.99 Å². The molecule has 0 aliphatic carbocycles. The number of nitrogens with zero attached hydrogens (tertiary/aromatic N) is 2. The van der Waals surface area contributed by atoms with Crippen LogP contribution in [0.5, 0.6) is 0 Å². The maximum absolute atomic E-state index is 12.2. The van der Waals surface area contributed by atoms with E-state index in [9.17, 15) is 9.59 Å². The average Bonchev–Trinajstić information content (AvgIpc) is 2.59. The van der Waals surface area contributed by atoms with Crippen molar-refractivity contribution in [2.75, 3.05) is 6.54 Å². The molecule has 1 unspecified atom stereocenters. The molecule has 0 saturated heterocycles. The molecular weight excluding hydrogens is 216 g/mol. The van der Waals surface area contributed by atoms with Gasteiger partial charge in [-0.15, -0.1) is 0 Å². The molecule has 1 atom stereocenters. The van der Waals surface area contributed by atoms with Crippen LogP contribution >= 0.6 is 0 Å².